The maximum atomic E-state index is 13.6. The zero-order valence-corrected chi connectivity index (χ0v) is 14.3. The number of nitrogens with two attached hydrogens (primary N) is 1. The van der Waals surface area contributed by atoms with Crippen molar-refractivity contribution in [2.45, 2.75) is 18.9 Å². The number of benzene rings is 2. The molecular formula is C18H19ClF2N2O2. The molecule has 25 heavy (non-hydrogen) atoms. The van der Waals surface area contributed by atoms with E-state index in [1.165, 1.54) is 6.07 Å². The Kier molecular flexibility index (Phi) is 6.33. The molecule has 7 heteroatoms. The third-order valence-electron chi connectivity index (χ3n) is 4.13. The Labute approximate surface area is 151 Å². The highest BCUT2D eigenvalue weighted by molar-refractivity contribution is 5.94. The van der Waals surface area contributed by atoms with Gasteiger partial charge < -0.3 is 15.4 Å². The Morgan fingerprint density at radius 2 is 1.92 bits per heavy atom. The van der Waals surface area contributed by atoms with Crippen LogP contribution in [0.15, 0.2) is 42.5 Å². The monoisotopic (exact) mass is 368 g/mol. The third kappa shape index (κ3) is 4.27. The van der Waals surface area contributed by atoms with Crippen LogP contribution in [0.3, 0.4) is 0 Å². The first-order valence-electron chi connectivity index (χ1n) is 7.82. The molecule has 2 N–H and O–H groups in total. The molecular weight excluding hydrogens is 350 g/mol. The van der Waals surface area contributed by atoms with Gasteiger partial charge in [-0.3, -0.25) is 4.79 Å². The minimum Gasteiger partial charge on any atom is -0.454 e. The SMILES string of the molecule is Cl.NCC1CCCN1C(=O)c1ccc(Oc2ccc(F)cc2F)cc1. The molecule has 0 aromatic heterocycles. The lowest BCUT2D eigenvalue weighted by Crippen LogP contribution is -2.39. The van der Waals surface area contributed by atoms with Gasteiger partial charge in [-0.15, -0.1) is 12.4 Å². The lowest BCUT2D eigenvalue weighted by molar-refractivity contribution is 0.0741. The maximum absolute atomic E-state index is 13.6. The van der Waals surface area contributed by atoms with Crippen LogP contribution in [0.4, 0.5) is 8.78 Å². The second kappa shape index (κ2) is 8.27. The summed E-state index contributed by atoms with van der Waals surface area (Å²) < 4.78 is 31.9. The highest BCUT2D eigenvalue weighted by Gasteiger charge is 2.28. The van der Waals surface area contributed by atoms with Crippen molar-refractivity contribution in [2.75, 3.05) is 13.1 Å². The molecule has 0 radical (unpaired) electrons. The quantitative estimate of drug-likeness (QED) is 0.894. The molecule has 1 aliphatic rings. The number of rotatable bonds is 4. The van der Waals surface area contributed by atoms with Gasteiger partial charge in [0, 0.05) is 30.8 Å². The smallest absolute Gasteiger partial charge is 0.254 e. The number of carbonyl (C=O) groups excluding carboxylic acids is 1. The van der Waals surface area contributed by atoms with E-state index in [0.29, 0.717) is 24.4 Å². The summed E-state index contributed by atoms with van der Waals surface area (Å²) in [6.07, 6.45) is 1.88. The van der Waals surface area contributed by atoms with Gasteiger partial charge in [-0.25, -0.2) is 8.78 Å². The van der Waals surface area contributed by atoms with Crippen molar-refractivity contribution in [1.29, 1.82) is 0 Å². The van der Waals surface area contributed by atoms with Crippen LogP contribution in [0.25, 0.3) is 0 Å². The summed E-state index contributed by atoms with van der Waals surface area (Å²) in [6, 6.07) is 9.62. The molecule has 1 saturated heterocycles. The summed E-state index contributed by atoms with van der Waals surface area (Å²) in [7, 11) is 0. The van der Waals surface area contributed by atoms with Gasteiger partial charge in [0.15, 0.2) is 11.6 Å². The lowest BCUT2D eigenvalue weighted by atomic mass is 10.1. The van der Waals surface area contributed by atoms with Crippen molar-refractivity contribution in [1.82, 2.24) is 4.90 Å². The molecule has 0 aliphatic carbocycles. The molecule has 1 fully saturated rings. The molecule has 1 heterocycles. The van der Waals surface area contributed by atoms with Crippen molar-refractivity contribution < 1.29 is 18.3 Å². The second-order valence-electron chi connectivity index (χ2n) is 5.73. The van der Waals surface area contributed by atoms with E-state index >= 15 is 0 Å². The van der Waals surface area contributed by atoms with Crippen molar-refractivity contribution in [2.24, 2.45) is 5.73 Å². The maximum Gasteiger partial charge on any atom is 0.254 e. The summed E-state index contributed by atoms with van der Waals surface area (Å²) in [5.41, 5.74) is 6.23. The van der Waals surface area contributed by atoms with Crippen molar-refractivity contribution in [3.05, 3.63) is 59.7 Å². The zero-order chi connectivity index (χ0) is 17.1. The Hall–Kier alpha value is -2.18. The first-order chi connectivity index (χ1) is 11.6. The van der Waals surface area contributed by atoms with Crippen LogP contribution in [0.2, 0.25) is 0 Å². The largest absolute Gasteiger partial charge is 0.454 e. The number of ether oxygens (including phenoxy) is 1. The van der Waals surface area contributed by atoms with Crippen LogP contribution in [-0.2, 0) is 0 Å². The van der Waals surface area contributed by atoms with E-state index in [4.69, 9.17) is 10.5 Å². The van der Waals surface area contributed by atoms with Gasteiger partial charge in [-0.05, 0) is 49.2 Å². The van der Waals surface area contributed by atoms with Gasteiger partial charge >= 0.3 is 0 Å². The Morgan fingerprint density at radius 1 is 1.20 bits per heavy atom. The van der Waals surface area contributed by atoms with E-state index in [0.717, 1.165) is 25.0 Å². The van der Waals surface area contributed by atoms with Crippen molar-refractivity contribution in [3.8, 4) is 11.5 Å². The summed E-state index contributed by atoms with van der Waals surface area (Å²) in [5.74, 6) is -1.21. The van der Waals surface area contributed by atoms with Gasteiger partial charge in [0.1, 0.15) is 11.6 Å². The Morgan fingerprint density at radius 3 is 2.56 bits per heavy atom. The summed E-state index contributed by atoms with van der Waals surface area (Å²) in [6.45, 7) is 1.16. The molecule has 1 amide bonds. The van der Waals surface area contributed by atoms with Gasteiger partial charge in [-0.1, -0.05) is 0 Å². The topological polar surface area (TPSA) is 55.6 Å². The first-order valence-corrected chi connectivity index (χ1v) is 7.82. The number of amides is 1. The van der Waals surface area contributed by atoms with E-state index in [-0.39, 0.29) is 30.1 Å². The molecule has 4 nitrogen and oxygen atoms in total. The first kappa shape index (κ1) is 19.1. The van der Waals surface area contributed by atoms with E-state index < -0.39 is 11.6 Å². The van der Waals surface area contributed by atoms with Crippen LogP contribution in [0.5, 0.6) is 11.5 Å². The molecule has 1 atom stereocenters. The third-order valence-corrected chi connectivity index (χ3v) is 4.13. The summed E-state index contributed by atoms with van der Waals surface area (Å²) in [4.78, 5) is 14.3. The van der Waals surface area contributed by atoms with Crippen molar-refractivity contribution >= 4 is 18.3 Å². The minimum absolute atomic E-state index is 0. The molecule has 1 unspecified atom stereocenters. The van der Waals surface area contributed by atoms with Gasteiger partial charge in [-0.2, -0.15) is 0 Å². The van der Waals surface area contributed by atoms with Crippen LogP contribution >= 0.6 is 12.4 Å². The van der Waals surface area contributed by atoms with Gasteiger partial charge in [0.25, 0.3) is 5.91 Å². The number of carbonyl (C=O) groups is 1. The fraction of sp³-hybridized carbons (Fsp3) is 0.278. The van der Waals surface area contributed by atoms with Gasteiger partial charge in [0.05, 0.1) is 0 Å². The molecule has 0 spiro atoms. The second-order valence-corrected chi connectivity index (χ2v) is 5.73. The predicted octanol–water partition coefficient (Wildman–Crippen LogP) is 3.74. The van der Waals surface area contributed by atoms with Crippen LogP contribution in [0.1, 0.15) is 23.2 Å². The minimum atomic E-state index is -0.780. The van der Waals surface area contributed by atoms with E-state index in [1.54, 1.807) is 29.2 Å². The summed E-state index contributed by atoms with van der Waals surface area (Å²) in [5, 5.41) is 0. The van der Waals surface area contributed by atoms with Gasteiger partial charge in [0.2, 0.25) is 0 Å². The number of hydrogen-bond acceptors (Lipinski definition) is 3. The van der Waals surface area contributed by atoms with E-state index in [2.05, 4.69) is 0 Å². The predicted molar refractivity (Wildman–Crippen MR) is 93.2 cm³/mol. The highest BCUT2D eigenvalue weighted by atomic mass is 35.5. The Balaban J connectivity index is 0.00000225. The average Bonchev–Trinajstić information content (AvgIpc) is 3.06. The Bertz CT molecular complexity index is 740. The molecule has 2 aromatic carbocycles. The van der Waals surface area contributed by atoms with Crippen LogP contribution in [-0.4, -0.2) is 29.9 Å². The molecule has 134 valence electrons. The fourth-order valence-electron chi connectivity index (χ4n) is 2.86. The highest BCUT2D eigenvalue weighted by Crippen LogP contribution is 2.26. The van der Waals surface area contributed by atoms with E-state index in [1.807, 2.05) is 0 Å². The molecule has 0 saturated carbocycles. The zero-order valence-electron chi connectivity index (χ0n) is 13.5. The number of likely N-dealkylation sites (tertiary alicyclic amines) is 1. The average molecular weight is 369 g/mol. The van der Waals surface area contributed by atoms with Crippen molar-refractivity contribution in [3.63, 3.8) is 0 Å². The van der Waals surface area contributed by atoms with Crippen LogP contribution < -0.4 is 10.5 Å². The normalized spacial score (nSPS) is 16.4. The number of halogens is 3. The standard InChI is InChI=1S/C18H18F2N2O2.ClH/c19-13-5-8-17(16(20)10-13)24-15-6-3-12(4-7-15)18(23)22-9-1-2-14(22)11-21;/h3-8,10,14H,1-2,9,11,21H2;1H. The fourth-order valence-corrected chi connectivity index (χ4v) is 2.86. The molecule has 2 aromatic rings. The van der Waals surface area contributed by atoms with E-state index in [9.17, 15) is 13.6 Å². The molecule has 1 aliphatic heterocycles. The number of nitrogens with zero attached hydrogens (tertiary/aromatic N) is 1. The summed E-state index contributed by atoms with van der Waals surface area (Å²) >= 11 is 0. The molecule has 0 bridgehead atoms. The molecule has 3 rings (SSSR count). The lowest BCUT2D eigenvalue weighted by Gasteiger charge is -2.23. The number of hydrogen-bond donors (Lipinski definition) is 1. The van der Waals surface area contributed by atoms with Crippen LogP contribution in [0, 0.1) is 11.6 Å².